The molecule has 0 saturated carbocycles. The van der Waals surface area contributed by atoms with Crippen LogP contribution in [0.25, 0.3) is 11.4 Å². The van der Waals surface area contributed by atoms with Crippen molar-refractivity contribution in [3.8, 4) is 17.1 Å². The first-order valence-electron chi connectivity index (χ1n) is 6.36. The lowest BCUT2D eigenvalue weighted by molar-refractivity contribution is -0.137. The van der Waals surface area contributed by atoms with Crippen molar-refractivity contribution in [2.24, 2.45) is 0 Å². The molecule has 0 radical (unpaired) electrons. The van der Waals surface area contributed by atoms with Gasteiger partial charge in [-0.25, -0.2) is 0 Å². The van der Waals surface area contributed by atoms with Crippen LogP contribution in [-0.4, -0.2) is 27.3 Å². The lowest BCUT2D eigenvalue weighted by Gasteiger charge is -2.09. The summed E-state index contributed by atoms with van der Waals surface area (Å²) in [5.74, 6) is 0.657. The van der Waals surface area contributed by atoms with Gasteiger partial charge in [0.2, 0.25) is 11.7 Å². The number of hydrogen-bond donors (Lipinski definition) is 1. The normalized spacial score (nSPS) is 10.8. The number of ether oxygens (including phenoxy) is 1. The van der Waals surface area contributed by atoms with E-state index in [1.54, 1.807) is 0 Å². The van der Waals surface area contributed by atoms with Gasteiger partial charge in [-0.05, 0) is 38.1 Å². The number of carbonyl (C=O) groups is 1. The zero-order valence-electron chi connectivity index (χ0n) is 11.4. The summed E-state index contributed by atoms with van der Waals surface area (Å²) >= 11 is 0. The molecule has 6 heteroatoms. The molecule has 2 aromatic rings. The van der Waals surface area contributed by atoms with Crippen LogP contribution >= 0.6 is 0 Å². The van der Waals surface area contributed by atoms with Gasteiger partial charge in [0.1, 0.15) is 5.75 Å². The van der Waals surface area contributed by atoms with Crippen molar-refractivity contribution in [2.45, 2.75) is 32.8 Å². The van der Waals surface area contributed by atoms with Gasteiger partial charge < -0.3 is 14.4 Å². The minimum absolute atomic E-state index is 0.0250. The zero-order valence-corrected chi connectivity index (χ0v) is 11.4. The van der Waals surface area contributed by atoms with Gasteiger partial charge in [-0.3, -0.25) is 4.79 Å². The Morgan fingerprint density at radius 1 is 1.35 bits per heavy atom. The molecule has 0 fully saturated rings. The van der Waals surface area contributed by atoms with Gasteiger partial charge in [0, 0.05) is 12.0 Å². The smallest absolute Gasteiger partial charge is 0.303 e. The highest BCUT2D eigenvalue weighted by Gasteiger charge is 2.10. The quantitative estimate of drug-likeness (QED) is 0.872. The third-order valence-electron chi connectivity index (χ3n) is 2.51. The van der Waals surface area contributed by atoms with E-state index in [4.69, 9.17) is 14.4 Å². The van der Waals surface area contributed by atoms with E-state index in [2.05, 4.69) is 10.1 Å². The fourth-order valence-electron chi connectivity index (χ4n) is 1.64. The van der Waals surface area contributed by atoms with Gasteiger partial charge in [0.05, 0.1) is 12.5 Å². The molecule has 20 heavy (non-hydrogen) atoms. The Morgan fingerprint density at radius 3 is 2.65 bits per heavy atom. The molecule has 0 atom stereocenters. The van der Waals surface area contributed by atoms with Crippen molar-refractivity contribution in [2.75, 3.05) is 0 Å². The van der Waals surface area contributed by atoms with Crippen LogP contribution in [0.1, 0.15) is 26.2 Å². The fraction of sp³-hybridized carbons (Fsp3) is 0.357. The number of aryl methyl sites for hydroxylation is 1. The van der Waals surface area contributed by atoms with Crippen molar-refractivity contribution >= 4 is 5.97 Å². The van der Waals surface area contributed by atoms with E-state index >= 15 is 0 Å². The van der Waals surface area contributed by atoms with Crippen LogP contribution in [0.5, 0.6) is 5.75 Å². The summed E-state index contributed by atoms with van der Waals surface area (Å²) in [5.41, 5.74) is 0.798. The predicted octanol–water partition coefficient (Wildman–Crippen LogP) is 2.54. The standard InChI is InChI=1S/C14H16N2O4/c1-9(2)19-11-5-3-10(4-6-11)14-15-12(20-16-14)7-8-13(17)18/h3-6,9H,7-8H2,1-2H3,(H,17,18). The largest absolute Gasteiger partial charge is 0.491 e. The van der Waals surface area contributed by atoms with Crippen molar-refractivity contribution < 1.29 is 19.2 Å². The van der Waals surface area contributed by atoms with Crippen molar-refractivity contribution in [3.05, 3.63) is 30.2 Å². The Bertz CT molecular complexity index is 575. The van der Waals surface area contributed by atoms with E-state index < -0.39 is 5.97 Å². The Morgan fingerprint density at radius 2 is 2.05 bits per heavy atom. The van der Waals surface area contributed by atoms with E-state index in [0.717, 1.165) is 11.3 Å². The molecule has 1 aromatic heterocycles. The highest BCUT2D eigenvalue weighted by Crippen LogP contribution is 2.20. The van der Waals surface area contributed by atoms with Gasteiger partial charge in [-0.15, -0.1) is 0 Å². The molecule has 6 nitrogen and oxygen atoms in total. The molecule has 2 rings (SSSR count). The van der Waals surface area contributed by atoms with E-state index in [9.17, 15) is 4.79 Å². The molecule has 0 unspecified atom stereocenters. The summed E-state index contributed by atoms with van der Waals surface area (Å²) in [7, 11) is 0. The molecule has 0 aliphatic heterocycles. The van der Waals surface area contributed by atoms with Gasteiger partial charge in [-0.2, -0.15) is 4.98 Å². The minimum atomic E-state index is -0.889. The Kier molecular flexibility index (Phi) is 4.34. The summed E-state index contributed by atoms with van der Waals surface area (Å²) in [6.07, 6.45) is 0.327. The first-order chi connectivity index (χ1) is 9.54. The first kappa shape index (κ1) is 14.0. The number of rotatable bonds is 6. The average Bonchev–Trinajstić information content (AvgIpc) is 2.85. The van der Waals surface area contributed by atoms with E-state index in [0.29, 0.717) is 11.7 Å². The summed E-state index contributed by atoms with van der Waals surface area (Å²) in [6.45, 7) is 3.92. The molecule has 106 valence electrons. The third-order valence-corrected chi connectivity index (χ3v) is 2.51. The number of hydrogen-bond acceptors (Lipinski definition) is 5. The lowest BCUT2D eigenvalue weighted by atomic mass is 10.2. The topological polar surface area (TPSA) is 85.5 Å². The molecule has 0 saturated heterocycles. The van der Waals surface area contributed by atoms with E-state index in [1.165, 1.54) is 0 Å². The minimum Gasteiger partial charge on any atom is -0.491 e. The van der Waals surface area contributed by atoms with Crippen LogP contribution in [0.2, 0.25) is 0 Å². The highest BCUT2D eigenvalue weighted by molar-refractivity contribution is 5.66. The fourth-order valence-corrected chi connectivity index (χ4v) is 1.64. The molecule has 1 heterocycles. The number of carboxylic acids is 1. The number of aromatic nitrogens is 2. The van der Waals surface area contributed by atoms with Gasteiger partial charge >= 0.3 is 5.97 Å². The van der Waals surface area contributed by atoms with Crippen LogP contribution in [0, 0.1) is 0 Å². The molecule has 1 aromatic carbocycles. The summed E-state index contributed by atoms with van der Waals surface area (Å²) in [5, 5.41) is 12.4. The molecule has 0 aliphatic carbocycles. The maximum absolute atomic E-state index is 10.5. The monoisotopic (exact) mass is 276 g/mol. The summed E-state index contributed by atoms with van der Waals surface area (Å²) in [4.78, 5) is 14.6. The van der Waals surface area contributed by atoms with E-state index in [-0.39, 0.29) is 18.9 Å². The van der Waals surface area contributed by atoms with Crippen LogP contribution in [-0.2, 0) is 11.2 Å². The molecular formula is C14H16N2O4. The SMILES string of the molecule is CC(C)Oc1ccc(-c2noc(CCC(=O)O)n2)cc1. The third kappa shape index (κ3) is 3.81. The van der Waals surface area contributed by atoms with Crippen LogP contribution < -0.4 is 4.74 Å². The number of benzene rings is 1. The average molecular weight is 276 g/mol. The molecule has 0 spiro atoms. The van der Waals surface area contributed by atoms with E-state index in [1.807, 2.05) is 38.1 Å². The predicted molar refractivity (Wildman–Crippen MR) is 71.5 cm³/mol. The van der Waals surface area contributed by atoms with Crippen molar-refractivity contribution in [3.63, 3.8) is 0 Å². The maximum atomic E-state index is 10.5. The first-order valence-corrected chi connectivity index (χ1v) is 6.36. The summed E-state index contributed by atoms with van der Waals surface area (Å²) in [6, 6.07) is 7.35. The second-order valence-electron chi connectivity index (χ2n) is 4.60. The molecule has 0 aliphatic rings. The Labute approximate surface area is 116 Å². The highest BCUT2D eigenvalue weighted by atomic mass is 16.5. The number of nitrogens with zero attached hydrogens (tertiary/aromatic N) is 2. The van der Waals surface area contributed by atoms with Gasteiger partial charge in [0.25, 0.3) is 0 Å². The van der Waals surface area contributed by atoms with Crippen LogP contribution in [0.15, 0.2) is 28.8 Å². The van der Waals surface area contributed by atoms with Gasteiger partial charge in [0.15, 0.2) is 0 Å². The van der Waals surface area contributed by atoms with Crippen molar-refractivity contribution in [1.29, 1.82) is 0 Å². The number of carboxylic acid groups (broad SMARTS) is 1. The molecule has 1 N–H and O–H groups in total. The van der Waals surface area contributed by atoms with Gasteiger partial charge in [-0.1, -0.05) is 5.16 Å². The second kappa shape index (κ2) is 6.18. The van der Waals surface area contributed by atoms with Crippen LogP contribution in [0.3, 0.4) is 0 Å². The Balaban J connectivity index is 2.06. The second-order valence-corrected chi connectivity index (χ2v) is 4.60. The maximum Gasteiger partial charge on any atom is 0.303 e. The number of aliphatic carboxylic acids is 1. The van der Waals surface area contributed by atoms with Crippen LogP contribution in [0.4, 0.5) is 0 Å². The molecule has 0 amide bonds. The zero-order chi connectivity index (χ0) is 14.5. The van der Waals surface area contributed by atoms with Crippen molar-refractivity contribution in [1.82, 2.24) is 10.1 Å². The molecule has 0 bridgehead atoms. The summed E-state index contributed by atoms with van der Waals surface area (Å²) < 4.78 is 10.6. The Hall–Kier alpha value is -2.37. The lowest BCUT2D eigenvalue weighted by Crippen LogP contribution is -2.05. The molecular weight excluding hydrogens is 260 g/mol.